The normalized spacial score (nSPS) is 12.4. The van der Waals surface area contributed by atoms with Gasteiger partial charge in [-0.2, -0.15) is 5.10 Å². The van der Waals surface area contributed by atoms with Gasteiger partial charge in [0.1, 0.15) is 0 Å². The predicted octanol–water partition coefficient (Wildman–Crippen LogP) is 6.13. The molecule has 0 atom stereocenters. The molecule has 3 rings (SSSR count). The van der Waals surface area contributed by atoms with Crippen LogP contribution in [-0.2, 0) is 17.4 Å². The van der Waals surface area contributed by atoms with E-state index >= 15 is 0 Å². The van der Waals surface area contributed by atoms with Gasteiger partial charge in [-0.05, 0) is 39.7 Å². The van der Waals surface area contributed by atoms with Gasteiger partial charge in [0.2, 0.25) is 5.91 Å². The highest BCUT2D eigenvalue weighted by molar-refractivity contribution is 6.36. The second-order valence-electron chi connectivity index (χ2n) is 9.94. The molecule has 3 aromatic rings. The van der Waals surface area contributed by atoms with Crippen LogP contribution in [0, 0.1) is 0 Å². The van der Waals surface area contributed by atoms with Crippen molar-refractivity contribution in [1.29, 1.82) is 0 Å². The van der Waals surface area contributed by atoms with E-state index in [1.54, 1.807) is 6.07 Å². The number of nitrogens with two attached hydrogens (primary N) is 1. The summed E-state index contributed by atoms with van der Waals surface area (Å²) in [6.45, 7) is 13.1. The van der Waals surface area contributed by atoms with E-state index in [-0.39, 0.29) is 10.8 Å². The first kappa shape index (κ1) is 23.4. The van der Waals surface area contributed by atoms with E-state index in [0.717, 1.165) is 27.6 Å². The molecule has 166 valence electrons. The topological polar surface area (TPSA) is 72.9 Å². The van der Waals surface area contributed by atoms with Gasteiger partial charge in [0.15, 0.2) is 5.82 Å². The Bertz CT molecular complexity index is 1170. The zero-order valence-corrected chi connectivity index (χ0v) is 20.7. The zero-order chi connectivity index (χ0) is 23.3. The van der Waals surface area contributed by atoms with Gasteiger partial charge in [0, 0.05) is 7.05 Å². The lowest BCUT2D eigenvalue weighted by Gasteiger charge is -2.23. The molecule has 1 amide bonds. The van der Waals surface area contributed by atoms with Crippen molar-refractivity contribution in [1.82, 2.24) is 9.78 Å². The largest absolute Gasteiger partial charge is 0.371 e. The molecule has 0 aliphatic heterocycles. The first-order valence-corrected chi connectivity index (χ1v) is 11.0. The molecule has 2 aromatic carbocycles. The van der Waals surface area contributed by atoms with Gasteiger partial charge in [0.05, 0.1) is 33.1 Å². The summed E-state index contributed by atoms with van der Waals surface area (Å²) in [5.41, 5.74) is 9.50. The maximum Gasteiger partial charge on any atom is 0.250 e. The average molecular weight is 461 g/mol. The van der Waals surface area contributed by atoms with E-state index in [4.69, 9.17) is 34.0 Å². The molecule has 0 fully saturated rings. The molecule has 5 nitrogen and oxygen atoms in total. The lowest BCUT2D eigenvalue weighted by molar-refractivity contribution is 0.1000. The summed E-state index contributed by atoms with van der Waals surface area (Å²) in [5, 5.41) is 9.80. The lowest BCUT2D eigenvalue weighted by Crippen LogP contribution is -2.19. The van der Waals surface area contributed by atoms with E-state index in [1.165, 1.54) is 0 Å². The molecule has 0 spiro atoms. The third kappa shape index (κ3) is 4.39. The first-order chi connectivity index (χ1) is 14.3. The molecule has 31 heavy (non-hydrogen) atoms. The molecule has 0 radical (unpaired) electrons. The quantitative estimate of drug-likeness (QED) is 0.491. The molecule has 0 saturated heterocycles. The molecule has 0 saturated carbocycles. The van der Waals surface area contributed by atoms with Gasteiger partial charge < -0.3 is 11.1 Å². The number of aromatic nitrogens is 2. The Morgan fingerprint density at radius 1 is 1.10 bits per heavy atom. The Hall–Kier alpha value is -2.24. The van der Waals surface area contributed by atoms with E-state index in [9.17, 15) is 4.79 Å². The Morgan fingerprint density at radius 3 is 2.26 bits per heavy atom. The molecule has 0 unspecified atom stereocenters. The highest BCUT2D eigenvalue weighted by atomic mass is 35.5. The van der Waals surface area contributed by atoms with Crippen LogP contribution in [-0.4, -0.2) is 22.7 Å². The third-order valence-corrected chi connectivity index (χ3v) is 6.25. The Kier molecular flexibility index (Phi) is 6.07. The smallest absolute Gasteiger partial charge is 0.250 e. The van der Waals surface area contributed by atoms with Crippen molar-refractivity contribution >= 4 is 45.8 Å². The van der Waals surface area contributed by atoms with Crippen molar-refractivity contribution in [2.24, 2.45) is 5.73 Å². The van der Waals surface area contributed by atoms with Gasteiger partial charge >= 0.3 is 0 Å². The van der Waals surface area contributed by atoms with Crippen LogP contribution in [0.4, 0.5) is 5.82 Å². The fourth-order valence-electron chi connectivity index (χ4n) is 3.75. The van der Waals surface area contributed by atoms with Crippen molar-refractivity contribution in [3.63, 3.8) is 0 Å². The van der Waals surface area contributed by atoms with Crippen molar-refractivity contribution < 1.29 is 4.79 Å². The molecular weight excluding hydrogens is 431 g/mol. The molecule has 1 aromatic heterocycles. The summed E-state index contributed by atoms with van der Waals surface area (Å²) in [7, 11) is 1.82. The molecule has 0 bridgehead atoms. The van der Waals surface area contributed by atoms with Crippen LogP contribution in [0.2, 0.25) is 10.0 Å². The molecule has 3 N–H and O–H groups in total. The highest BCUT2D eigenvalue weighted by Gasteiger charge is 2.25. The highest BCUT2D eigenvalue weighted by Crippen LogP contribution is 2.39. The van der Waals surface area contributed by atoms with E-state index in [2.05, 4.69) is 46.9 Å². The number of hydrogen-bond donors (Lipinski definition) is 2. The van der Waals surface area contributed by atoms with Crippen molar-refractivity contribution in [2.45, 2.75) is 58.9 Å². The molecule has 7 heteroatoms. The van der Waals surface area contributed by atoms with Crippen molar-refractivity contribution in [2.75, 3.05) is 12.4 Å². The van der Waals surface area contributed by atoms with Crippen molar-refractivity contribution in [3.8, 4) is 0 Å². The maximum atomic E-state index is 12.1. The monoisotopic (exact) mass is 460 g/mol. The van der Waals surface area contributed by atoms with E-state index < -0.39 is 5.91 Å². The zero-order valence-electron chi connectivity index (χ0n) is 19.2. The third-order valence-electron chi connectivity index (χ3n) is 5.49. The SMILES string of the molecule is CNc1nn(Cc2cc(C(C)(C)C)cc(C(N)=O)c2Cl)c2c(C(C)(C)C)ccc(Cl)c12. The van der Waals surface area contributed by atoms with Crippen LogP contribution in [0.3, 0.4) is 0 Å². The Labute approximate surface area is 193 Å². The minimum absolute atomic E-state index is 0.124. The molecule has 0 aliphatic carbocycles. The van der Waals surface area contributed by atoms with Crippen LogP contribution >= 0.6 is 23.2 Å². The summed E-state index contributed by atoms with van der Waals surface area (Å²) >= 11 is 13.2. The predicted molar refractivity (Wildman–Crippen MR) is 131 cm³/mol. The number of benzene rings is 2. The van der Waals surface area contributed by atoms with Crippen LogP contribution in [0.25, 0.3) is 10.9 Å². The number of primary amides is 1. The number of carbonyl (C=O) groups is 1. The second kappa shape index (κ2) is 8.03. The number of rotatable bonds is 4. The van der Waals surface area contributed by atoms with E-state index in [1.807, 2.05) is 29.9 Å². The van der Waals surface area contributed by atoms with Gasteiger partial charge in [-0.3, -0.25) is 9.48 Å². The number of fused-ring (bicyclic) bond motifs is 1. The molecule has 1 heterocycles. The number of nitrogens with one attached hydrogen (secondary N) is 1. The lowest BCUT2D eigenvalue weighted by atomic mass is 9.84. The van der Waals surface area contributed by atoms with Gasteiger partial charge in [-0.25, -0.2) is 0 Å². The molecule has 0 aliphatic rings. The van der Waals surface area contributed by atoms with E-state index in [0.29, 0.717) is 28.0 Å². The van der Waals surface area contributed by atoms with Crippen LogP contribution < -0.4 is 11.1 Å². The summed E-state index contributed by atoms with van der Waals surface area (Å²) < 4.78 is 1.91. The number of carbonyl (C=O) groups excluding carboxylic acids is 1. The number of amides is 1. The van der Waals surface area contributed by atoms with Crippen LogP contribution in [0.1, 0.15) is 68.6 Å². The number of hydrogen-bond acceptors (Lipinski definition) is 3. The van der Waals surface area contributed by atoms with Gasteiger partial charge in [0.25, 0.3) is 0 Å². The Morgan fingerprint density at radius 2 is 1.74 bits per heavy atom. The van der Waals surface area contributed by atoms with Crippen LogP contribution in [0.15, 0.2) is 24.3 Å². The minimum Gasteiger partial charge on any atom is -0.371 e. The second-order valence-corrected chi connectivity index (χ2v) is 10.7. The van der Waals surface area contributed by atoms with Crippen LogP contribution in [0.5, 0.6) is 0 Å². The number of anilines is 1. The Balaban J connectivity index is 2.31. The van der Waals surface area contributed by atoms with Gasteiger partial charge in [-0.1, -0.05) is 76.9 Å². The first-order valence-electron chi connectivity index (χ1n) is 10.3. The fourth-order valence-corrected chi connectivity index (χ4v) is 4.25. The van der Waals surface area contributed by atoms with Gasteiger partial charge in [-0.15, -0.1) is 0 Å². The standard InChI is InChI=1S/C24H30Cl2N4O/c1-23(2,3)14-10-13(19(26)15(11-14)21(27)31)12-30-20-16(24(4,5)6)8-9-17(25)18(20)22(28-7)29-30/h8-11H,12H2,1-7H3,(H2,27,31)(H,28,29). The minimum atomic E-state index is -0.544. The molecular formula is C24H30Cl2N4O. The summed E-state index contributed by atoms with van der Waals surface area (Å²) in [6.07, 6.45) is 0. The number of nitrogens with zero attached hydrogens (tertiary/aromatic N) is 2. The number of halogens is 2. The summed E-state index contributed by atoms with van der Waals surface area (Å²) in [4.78, 5) is 12.1. The fraction of sp³-hybridized carbons (Fsp3) is 0.417. The van der Waals surface area contributed by atoms with Crippen molar-refractivity contribution in [3.05, 3.63) is 56.6 Å². The maximum absolute atomic E-state index is 12.1. The average Bonchev–Trinajstić information content (AvgIpc) is 3.00. The summed E-state index contributed by atoms with van der Waals surface area (Å²) in [6, 6.07) is 7.77. The summed E-state index contributed by atoms with van der Waals surface area (Å²) in [5.74, 6) is 0.154.